The van der Waals surface area contributed by atoms with E-state index in [1.807, 2.05) is 6.07 Å². The summed E-state index contributed by atoms with van der Waals surface area (Å²) in [6.07, 6.45) is -4.38. The van der Waals surface area contributed by atoms with Crippen LogP contribution in [0.4, 0.5) is 24.5 Å². The van der Waals surface area contributed by atoms with Gasteiger partial charge in [-0.25, -0.2) is 0 Å². The van der Waals surface area contributed by atoms with E-state index >= 15 is 0 Å². The highest BCUT2D eigenvalue weighted by Crippen LogP contribution is 2.31. The standard InChI is InChI=1S/C14H9F3N2O/c15-14(16,17)10-1-3-11(4-2-10)19-13-6-5-12(20)7-9(13)8-18/h1-7,19-20H. The van der Waals surface area contributed by atoms with E-state index in [4.69, 9.17) is 5.26 Å². The molecule has 3 nitrogen and oxygen atoms in total. The minimum absolute atomic E-state index is 0.0560. The maximum absolute atomic E-state index is 12.4. The number of hydrogen-bond donors (Lipinski definition) is 2. The van der Waals surface area contributed by atoms with Gasteiger partial charge < -0.3 is 10.4 Å². The molecular weight excluding hydrogens is 269 g/mol. The Morgan fingerprint density at radius 1 is 1.05 bits per heavy atom. The van der Waals surface area contributed by atoms with E-state index in [2.05, 4.69) is 5.32 Å². The SMILES string of the molecule is N#Cc1cc(O)ccc1Nc1ccc(C(F)(F)F)cc1. The van der Waals surface area contributed by atoms with Gasteiger partial charge in [0.05, 0.1) is 16.8 Å². The maximum Gasteiger partial charge on any atom is 0.416 e. The zero-order valence-corrected chi connectivity index (χ0v) is 10.1. The van der Waals surface area contributed by atoms with Crippen LogP contribution in [0.2, 0.25) is 0 Å². The van der Waals surface area contributed by atoms with Gasteiger partial charge in [0.15, 0.2) is 0 Å². The normalized spacial score (nSPS) is 10.9. The minimum Gasteiger partial charge on any atom is -0.508 e. The van der Waals surface area contributed by atoms with Crippen LogP contribution in [0.25, 0.3) is 0 Å². The fourth-order valence-electron chi connectivity index (χ4n) is 1.63. The molecule has 0 aromatic heterocycles. The van der Waals surface area contributed by atoms with Crippen LogP contribution in [0.3, 0.4) is 0 Å². The van der Waals surface area contributed by atoms with Crippen molar-refractivity contribution in [1.82, 2.24) is 0 Å². The molecule has 2 aromatic rings. The maximum atomic E-state index is 12.4. The van der Waals surface area contributed by atoms with Crippen molar-refractivity contribution in [3.8, 4) is 11.8 Å². The number of anilines is 2. The molecule has 0 fully saturated rings. The van der Waals surface area contributed by atoms with E-state index in [1.165, 1.54) is 30.3 Å². The highest BCUT2D eigenvalue weighted by Gasteiger charge is 2.29. The van der Waals surface area contributed by atoms with E-state index in [9.17, 15) is 18.3 Å². The van der Waals surface area contributed by atoms with E-state index in [-0.39, 0.29) is 11.3 Å². The third-order valence-corrected chi connectivity index (χ3v) is 2.61. The van der Waals surface area contributed by atoms with E-state index in [0.29, 0.717) is 11.4 Å². The molecule has 0 heterocycles. The van der Waals surface area contributed by atoms with Crippen LogP contribution >= 0.6 is 0 Å². The third-order valence-electron chi connectivity index (χ3n) is 2.61. The molecule has 2 N–H and O–H groups in total. The molecule has 0 spiro atoms. The van der Waals surface area contributed by atoms with Crippen LogP contribution in [-0.2, 0) is 6.18 Å². The number of nitriles is 1. The highest BCUT2D eigenvalue weighted by molar-refractivity contribution is 5.67. The Kier molecular flexibility index (Phi) is 3.53. The number of phenols is 1. The summed E-state index contributed by atoms with van der Waals surface area (Å²) in [5, 5.41) is 21.0. The minimum atomic E-state index is -4.38. The number of hydrogen-bond acceptors (Lipinski definition) is 3. The van der Waals surface area contributed by atoms with Crippen molar-refractivity contribution in [2.24, 2.45) is 0 Å². The second-order valence-corrected chi connectivity index (χ2v) is 4.04. The van der Waals surface area contributed by atoms with Gasteiger partial charge in [0.1, 0.15) is 11.8 Å². The van der Waals surface area contributed by atoms with Gasteiger partial charge in [-0.05, 0) is 42.5 Å². The zero-order valence-electron chi connectivity index (χ0n) is 10.1. The van der Waals surface area contributed by atoms with E-state index in [1.54, 1.807) is 0 Å². The van der Waals surface area contributed by atoms with Gasteiger partial charge in [-0.2, -0.15) is 18.4 Å². The molecule has 0 aliphatic carbocycles. The molecule has 0 aliphatic heterocycles. The zero-order chi connectivity index (χ0) is 14.8. The quantitative estimate of drug-likeness (QED) is 0.815. The number of phenolic OH excluding ortho intramolecular Hbond substituents is 1. The van der Waals surface area contributed by atoms with Crippen molar-refractivity contribution in [1.29, 1.82) is 5.26 Å². The summed E-state index contributed by atoms with van der Waals surface area (Å²) >= 11 is 0. The van der Waals surface area contributed by atoms with Gasteiger partial charge in [-0.3, -0.25) is 0 Å². The first-order valence-electron chi connectivity index (χ1n) is 5.57. The van der Waals surface area contributed by atoms with Crippen LogP contribution in [-0.4, -0.2) is 5.11 Å². The largest absolute Gasteiger partial charge is 0.508 e. The summed E-state index contributed by atoms with van der Waals surface area (Å²) in [6, 6.07) is 10.5. The Labute approximate surface area is 112 Å². The molecule has 6 heteroatoms. The molecule has 0 unspecified atom stereocenters. The molecule has 20 heavy (non-hydrogen) atoms. The lowest BCUT2D eigenvalue weighted by Crippen LogP contribution is -2.04. The van der Waals surface area contributed by atoms with Crippen LogP contribution in [0.15, 0.2) is 42.5 Å². The first-order valence-corrected chi connectivity index (χ1v) is 5.57. The predicted molar refractivity (Wildman–Crippen MR) is 67.5 cm³/mol. The number of nitrogens with zero attached hydrogens (tertiary/aromatic N) is 1. The number of alkyl halides is 3. The monoisotopic (exact) mass is 278 g/mol. The van der Waals surface area contributed by atoms with Crippen molar-refractivity contribution in [3.63, 3.8) is 0 Å². The molecule has 0 amide bonds. The van der Waals surface area contributed by atoms with Gasteiger partial charge in [-0.1, -0.05) is 0 Å². The number of nitrogens with one attached hydrogen (secondary N) is 1. The molecule has 2 aromatic carbocycles. The summed E-state index contributed by atoms with van der Waals surface area (Å²) in [5.41, 5.74) is 0.282. The van der Waals surface area contributed by atoms with Crippen LogP contribution in [0.1, 0.15) is 11.1 Å². The van der Waals surface area contributed by atoms with Crippen molar-refractivity contribution in [2.45, 2.75) is 6.18 Å². The Hall–Kier alpha value is -2.68. The van der Waals surface area contributed by atoms with Crippen LogP contribution < -0.4 is 5.32 Å². The fraction of sp³-hybridized carbons (Fsp3) is 0.0714. The Morgan fingerprint density at radius 2 is 1.70 bits per heavy atom. The van der Waals surface area contributed by atoms with Gasteiger partial charge >= 0.3 is 6.18 Å². The predicted octanol–water partition coefficient (Wildman–Crippen LogP) is 4.03. The summed E-state index contributed by atoms with van der Waals surface area (Å²) in [7, 11) is 0. The smallest absolute Gasteiger partial charge is 0.416 e. The van der Waals surface area contributed by atoms with Crippen LogP contribution in [0, 0.1) is 11.3 Å². The van der Waals surface area contributed by atoms with Crippen molar-refractivity contribution >= 4 is 11.4 Å². The Balaban J connectivity index is 2.25. The fourth-order valence-corrected chi connectivity index (χ4v) is 1.63. The summed E-state index contributed by atoms with van der Waals surface area (Å²) in [5.74, 6) is -0.0560. The Morgan fingerprint density at radius 3 is 2.25 bits per heavy atom. The van der Waals surface area contributed by atoms with Gasteiger partial charge in [0, 0.05) is 5.69 Å². The van der Waals surface area contributed by atoms with E-state index < -0.39 is 11.7 Å². The molecule has 102 valence electrons. The molecule has 0 bridgehead atoms. The second-order valence-electron chi connectivity index (χ2n) is 4.04. The molecular formula is C14H9F3N2O. The first-order chi connectivity index (χ1) is 9.40. The van der Waals surface area contributed by atoms with Gasteiger partial charge in [0.2, 0.25) is 0 Å². The third kappa shape index (κ3) is 3.01. The average Bonchev–Trinajstić information content (AvgIpc) is 2.40. The number of halogens is 3. The molecule has 0 atom stereocenters. The Bertz CT molecular complexity index is 658. The number of aromatic hydroxyl groups is 1. The van der Waals surface area contributed by atoms with Crippen molar-refractivity contribution in [2.75, 3.05) is 5.32 Å². The van der Waals surface area contributed by atoms with E-state index in [0.717, 1.165) is 12.1 Å². The lowest BCUT2D eigenvalue weighted by Gasteiger charge is -2.10. The summed E-state index contributed by atoms with van der Waals surface area (Å²) < 4.78 is 37.3. The molecule has 2 rings (SSSR count). The van der Waals surface area contributed by atoms with Gasteiger partial charge in [-0.15, -0.1) is 0 Å². The molecule has 0 saturated carbocycles. The van der Waals surface area contributed by atoms with Crippen molar-refractivity contribution < 1.29 is 18.3 Å². The number of benzene rings is 2. The lowest BCUT2D eigenvalue weighted by molar-refractivity contribution is -0.137. The van der Waals surface area contributed by atoms with Crippen LogP contribution in [0.5, 0.6) is 5.75 Å². The summed E-state index contributed by atoms with van der Waals surface area (Å²) in [4.78, 5) is 0. The van der Waals surface area contributed by atoms with Crippen molar-refractivity contribution in [3.05, 3.63) is 53.6 Å². The second kappa shape index (κ2) is 5.13. The topological polar surface area (TPSA) is 56.0 Å². The highest BCUT2D eigenvalue weighted by atomic mass is 19.4. The number of rotatable bonds is 2. The van der Waals surface area contributed by atoms with Gasteiger partial charge in [0.25, 0.3) is 0 Å². The average molecular weight is 278 g/mol. The molecule has 0 aliphatic rings. The first kappa shape index (κ1) is 13.7. The molecule has 0 radical (unpaired) electrons. The molecule has 0 saturated heterocycles. The lowest BCUT2D eigenvalue weighted by atomic mass is 10.1. The summed E-state index contributed by atoms with van der Waals surface area (Å²) in [6.45, 7) is 0.